The molecule has 7 rings (SSSR count). The zero-order valence-electron chi connectivity index (χ0n) is 28.7. The van der Waals surface area contributed by atoms with E-state index in [2.05, 4.69) is 5.32 Å². The maximum atomic E-state index is 14.0. The van der Waals surface area contributed by atoms with Crippen molar-refractivity contribution in [1.82, 2.24) is 24.4 Å². The van der Waals surface area contributed by atoms with E-state index >= 15 is 0 Å². The van der Waals surface area contributed by atoms with Crippen LogP contribution in [0.4, 0.5) is 5.69 Å². The fraction of sp³-hybridized carbons (Fsp3) is 0.200. The van der Waals surface area contributed by atoms with E-state index in [1.54, 1.807) is 41.7 Å². The first kappa shape index (κ1) is 33.2. The van der Waals surface area contributed by atoms with Gasteiger partial charge in [-0.1, -0.05) is 72.8 Å². The molecule has 0 bridgehead atoms. The Kier molecular flexibility index (Phi) is 9.51. The van der Waals surface area contributed by atoms with E-state index in [4.69, 9.17) is 24.3 Å². The van der Waals surface area contributed by atoms with Crippen molar-refractivity contribution in [2.45, 2.75) is 6.54 Å². The van der Waals surface area contributed by atoms with Crippen molar-refractivity contribution in [1.29, 1.82) is 0 Å². The highest BCUT2D eigenvalue weighted by Crippen LogP contribution is 2.38. The topological polar surface area (TPSA) is 111 Å². The minimum Gasteiger partial charge on any atom is -0.493 e. The molecule has 1 saturated heterocycles. The molecule has 2 amide bonds. The van der Waals surface area contributed by atoms with Crippen molar-refractivity contribution in [3.05, 3.63) is 126 Å². The van der Waals surface area contributed by atoms with Crippen molar-refractivity contribution in [2.75, 3.05) is 52.8 Å². The van der Waals surface area contributed by atoms with Crippen LogP contribution in [0, 0.1) is 0 Å². The van der Waals surface area contributed by atoms with E-state index in [0.717, 1.165) is 28.1 Å². The predicted octanol–water partition coefficient (Wildman–Crippen LogP) is 6.30. The summed E-state index contributed by atoms with van der Waals surface area (Å²) in [4.78, 5) is 36.1. The summed E-state index contributed by atoms with van der Waals surface area (Å²) in [6.45, 7) is 1.98. The molecule has 0 spiro atoms. The second-order valence-corrected chi connectivity index (χ2v) is 12.1. The lowest BCUT2D eigenvalue weighted by atomic mass is 10.1. The second-order valence-electron chi connectivity index (χ2n) is 12.1. The molecular formula is C40H38N6O5. The third-order valence-electron chi connectivity index (χ3n) is 9.00. The van der Waals surface area contributed by atoms with Gasteiger partial charge in [0.05, 0.1) is 38.3 Å². The third-order valence-corrected chi connectivity index (χ3v) is 9.00. The van der Waals surface area contributed by atoms with Crippen LogP contribution in [0.15, 0.2) is 109 Å². The molecule has 0 atom stereocenters. The van der Waals surface area contributed by atoms with Gasteiger partial charge >= 0.3 is 0 Å². The zero-order valence-corrected chi connectivity index (χ0v) is 28.7. The van der Waals surface area contributed by atoms with Gasteiger partial charge in [0.1, 0.15) is 5.69 Å². The Labute approximate surface area is 296 Å². The maximum absolute atomic E-state index is 14.0. The van der Waals surface area contributed by atoms with E-state index in [-0.39, 0.29) is 11.8 Å². The van der Waals surface area contributed by atoms with Gasteiger partial charge in [0, 0.05) is 55.6 Å². The SMILES string of the molecule is COc1cc(CNc2ccccc2C(=O)N2CCN(C(=O)c3cc(-c4ccccc4)n4nc(-c5ccccc5)cc4n3)CC2)cc(OC)c1OC. The number of carbonyl (C=O) groups is 2. The number of aromatic nitrogens is 3. The van der Waals surface area contributed by atoms with E-state index in [0.29, 0.717) is 72.6 Å². The van der Waals surface area contributed by atoms with Crippen molar-refractivity contribution in [2.24, 2.45) is 0 Å². The summed E-state index contributed by atoms with van der Waals surface area (Å²) in [6.07, 6.45) is 0. The molecule has 0 saturated carbocycles. The molecule has 4 aromatic carbocycles. The van der Waals surface area contributed by atoms with Crippen LogP contribution in [0.1, 0.15) is 26.4 Å². The minimum absolute atomic E-state index is 0.103. The Morgan fingerprint density at radius 1 is 0.686 bits per heavy atom. The van der Waals surface area contributed by atoms with Crippen LogP contribution in [0.2, 0.25) is 0 Å². The van der Waals surface area contributed by atoms with E-state index < -0.39 is 0 Å². The minimum atomic E-state index is -0.184. The molecule has 258 valence electrons. The Balaban J connectivity index is 1.07. The predicted molar refractivity (Wildman–Crippen MR) is 196 cm³/mol. The Bertz CT molecular complexity index is 2150. The zero-order chi connectivity index (χ0) is 35.3. The summed E-state index contributed by atoms with van der Waals surface area (Å²) >= 11 is 0. The summed E-state index contributed by atoms with van der Waals surface area (Å²) in [5.74, 6) is 1.34. The van der Waals surface area contributed by atoms with Gasteiger partial charge in [-0.15, -0.1) is 0 Å². The van der Waals surface area contributed by atoms with Crippen molar-refractivity contribution >= 4 is 23.1 Å². The normalized spacial score (nSPS) is 12.8. The van der Waals surface area contributed by atoms with Gasteiger partial charge in [0.2, 0.25) is 5.75 Å². The van der Waals surface area contributed by atoms with Crippen LogP contribution in [0.3, 0.4) is 0 Å². The third kappa shape index (κ3) is 6.78. The van der Waals surface area contributed by atoms with E-state index in [1.807, 2.05) is 103 Å². The van der Waals surface area contributed by atoms with Gasteiger partial charge in [-0.05, 0) is 35.9 Å². The van der Waals surface area contributed by atoms with Gasteiger partial charge < -0.3 is 29.3 Å². The number of anilines is 1. The number of hydrogen-bond donors (Lipinski definition) is 1. The first-order chi connectivity index (χ1) is 25.0. The monoisotopic (exact) mass is 682 g/mol. The number of rotatable bonds is 10. The lowest BCUT2D eigenvalue weighted by Gasteiger charge is -2.35. The van der Waals surface area contributed by atoms with Gasteiger partial charge in [0.15, 0.2) is 17.1 Å². The van der Waals surface area contributed by atoms with Crippen LogP contribution in [0.25, 0.3) is 28.2 Å². The van der Waals surface area contributed by atoms with Crippen molar-refractivity contribution < 1.29 is 23.8 Å². The van der Waals surface area contributed by atoms with Gasteiger partial charge in [-0.2, -0.15) is 5.10 Å². The number of nitrogens with one attached hydrogen (secondary N) is 1. The Hall–Kier alpha value is -6.36. The first-order valence-electron chi connectivity index (χ1n) is 16.7. The number of para-hydroxylation sites is 1. The number of piperazine rings is 1. The largest absolute Gasteiger partial charge is 0.493 e. The molecule has 2 aromatic heterocycles. The fourth-order valence-electron chi connectivity index (χ4n) is 6.35. The fourth-order valence-corrected chi connectivity index (χ4v) is 6.35. The number of amides is 2. The van der Waals surface area contributed by atoms with Crippen LogP contribution in [-0.4, -0.2) is 83.7 Å². The molecule has 0 aliphatic carbocycles. The van der Waals surface area contributed by atoms with Crippen molar-refractivity contribution in [3.63, 3.8) is 0 Å². The highest BCUT2D eigenvalue weighted by atomic mass is 16.5. The molecule has 11 heteroatoms. The van der Waals surface area contributed by atoms with E-state index in [1.165, 1.54) is 0 Å². The molecule has 51 heavy (non-hydrogen) atoms. The van der Waals surface area contributed by atoms with E-state index in [9.17, 15) is 9.59 Å². The standard InChI is InChI=1S/C40H38N6O5/c1-49-35-22-27(23-36(50-2)38(35)51-3)26-41-31-17-11-10-16-30(31)39(47)44-18-20-45(21-19-44)40(48)33-24-34(29-14-8-5-9-15-29)46-37(42-33)25-32(43-46)28-12-6-4-7-13-28/h4-17,22-25,41H,18-21,26H2,1-3H3. The molecule has 1 fully saturated rings. The molecule has 1 N–H and O–H groups in total. The Morgan fingerprint density at radius 3 is 1.90 bits per heavy atom. The summed E-state index contributed by atoms with van der Waals surface area (Å²) in [6, 6.07) is 34.7. The highest BCUT2D eigenvalue weighted by Gasteiger charge is 2.28. The molecule has 6 aromatic rings. The lowest BCUT2D eigenvalue weighted by molar-refractivity contribution is 0.0533. The number of methoxy groups -OCH3 is 3. The average molecular weight is 683 g/mol. The quantitative estimate of drug-likeness (QED) is 0.179. The summed E-state index contributed by atoms with van der Waals surface area (Å²) in [7, 11) is 4.72. The first-order valence-corrected chi connectivity index (χ1v) is 16.7. The molecule has 0 unspecified atom stereocenters. The average Bonchev–Trinajstić information content (AvgIpc) is 3.64. The number of ether oxygens (including phenoxy) is 3. The number of carbonyl (C=O) groups excluding carboxylic acids is 2. The number of benzene rings is 4. The lowest BCUT2D eigenvalue weighted by Crippen LogP contribution is -2.50. The molecule has 3 heterocycles. The second kappa shape index (κ2) is 14.6. The number of nitrogens with zero attached hydrogens (tertiary/aromatic N) is 5. The molecule has 0 radical (unpaired) electrons. The smallest absolute Gasteiger partial charge is 0.272 e. The Morgan fingerprint density at radius 2 is 1.27 bits per heavy atom. The van der Waals surface area contributed by atoms with Crippen LogP contribution in [-0.2, 0) is 6.54 Å². The van der Waals surface area contributed by atoms with Gasteiger partial charge in [-0.25, -0.2) is 9.50 Å². The van der Waals surface area contributed by atoms with Crippen LogP contribution in [0.5, 0.6) is 17.2 Å². The summed E-state index contributed by atoms with van der Waals surface area (Å²) in [5.41, 5.74) is 6.52. The molecule has 1 aliphatic rings. The van der Waals surface area contributed by atoms with Crippen LogP contribution >= 0.6 is 0 Å². The van der Waals surface area contributed by atoms with Crippen LogP contribution < -0.4 is 19.5 Å². The van der Waals surface area contributed by atoms with Crippen molar-refractivity contribution in [3.8, 4) is 39.8 Å². The number of fused-ring (bicyclic) bond motifs is 1. The number of hydrogen-bond acceptors (Lipinski definition) is 8. The molecule has 1 aliphatic heterocycles. The van der Waals surface area contributed by atoms with Gasteiger partial charge in [-0.3, -0.25) is 9.59 Å². The highest BCUT2D eigenvalue weighted by molar-refractivity contribution is 6.00. The van der Waals surface area contributed by atoms with Gasteiger partial charge in [0.25, 0.3) is 11.8 Å². The molecular weight excluding hydrogens is 644 g/mol. The molecule has 11 nitrogen and oxygen atoms in total. The summed E-state index contributed by atoms with van der Waals surface area (Å²) in [5, 5.41) is 8.26. The summed E-state index contributed by atoms with van der Waals surface area (Å²) < 4.78 is 18.2. The maximum Gasteiger partial charge on any atom is 0.272 e.